The van der Waals surface area contributed by atoms with Crippen molar-refractivity contribution in [3.8, 4) is 0 Å². The van der Waals surface area contributed by atoms with Crippen LogP contribution >= 0.6 is 15.9 Å². The van der Waals surface area contributed by atoms with Gasteiger partial charge in [-0.2, -0.15) is 0 Å². The minimum atomic E-state index is -0.401. The number of nitrogen functional groups attached to an aromatic ring is 1. The Morgan fingerprint density at radius 1 is 1.25 bits per heavy atom. The zero-order chi connectivity index (χ0) is 14.7. The van der Waals surface area contributed by atoms with Gasteiger partial charge in [0.05, 0.1) is 24.0 Å². The summed E-state index contributed by atoms with van der Waals surface area (Å²) in [7, 11) is 1.34. The Bertz CT molecular complexity index is 636. The first kappa shape index (κ1) is 14.4. The lowest BCUT2D eigenvalue weighted by atomic mass is 10.1. The third-order valence-electron chi connectivity index (χ3n) is 2.79. The van der Waals surface area contributed by atoms with Gasteiger partial charge in [0.25, 0.3) is 0 Å². The highest BCUT2D eigenvalue weighted by Gasteiger charge is 2.08. The van der Waals surface area contributed by atoms with E-state index in [0.29, 0.717) is 11.3 Å². The fourth-order valence-electron chi connectivity index (χ4n) is 1.89. The van der Waals surface area contributed by atoms with Crippen LogP contribution in [0.25, 0.3) is 0 Å². The molecule has 5 heteroatoms. The van der Waals surface area contributed by atoms with E-state index in [-0.39, 0.29) is 0 Å². The standard InChI is InChI=1S/C15H15BrN2O2/c1-9-5-11(16)8-12(6-9)18-14-4-3-10(7-13(14)17)15(19)20-2/h3-8,18H,17H2,1-2H3. The van der Waals surface area contributed by atoms with Crippen molar-refractivity contribution in [3.05, 3.63) is 52.0 Å². The number of carbonyl (C=O) groups is 1. The highest BCUT2D eigenvalue weighted by atomic mass is 79.9. The van der Waals surface area contributed by atoms with Gasteiger partial charge in [0.1, 0.15) is 0 Å². The number of rotatable bonds is 3. The highest BCUT2D eigenvalue weighted by molar-refractivity contribution is 9.10. The molecule has 0 saturated heterocycles. The van der Waals surface area contributed by atoms with Crippen molar-refractivity contribution in [2.45, 2.75) is 6.92 Å². The van der Waals surface area contributed by atoms with Crippen LogP contribution in [0.5, 0.6) is 0 Å². The van der Waals surface area contributed by atoms with Gasteiger partial charge in [-0.05, 0) is 48.9 Å². The second kappa shape index (κ2) is 5.96. The van der Waals surface area contributed by atoms with Gasteiger partial charge >= 0.3 is 5.97 Å². The molecule has 20 heavy (non-hydrogen) atoms. The smallest absolute Gasteiger partial charge is 0.337 e. The third-order valence-corrected chi connectivity index (χ3v) is 3.25. The number of carbonyl (C=O) groups excluding carboxylic acids is 1. The first-order valence-electron chi connectivity index (χ1n) is 6.01. The molecule has 0 spiro atoms. The maximum Gasteiger partial charge on any atom is 0.337 e. The van der Waals surface area contributed by atoms with E-state index >= 15 is 0 Å². The molecule has 0 saturated carbocycles. The minimum Gasteiger partial charge on any atom is -0.465 e. The number of anilines is 3. The van der Waals surface area contributed by atoms with Crippen molar-refractivity contribution in [1.29, 1.82) is 0 Å². The van der Waals surface area contributed by atoms with Gasteiger partial charge in [-0.1, -0.05) is 15.9 Å². The summed E-state index contributed by atoms with van der Waals surface area (Å²) in [4.78, 5) is 11.4. The number of nitrogens with two attached hydrogens (primary N) is 1. The van der Waals surface area contributed by atoms with Crippen LogP contribution < -0.4 is 11.1 Å². The predicted octanol–water partition coefficient (Wildman–Crippen LogP) is 3.87. The average molecular weight is 335 g/mol. The van der Waals surface area contributed by atoms with Gasteiger partial charge < -0.3 is 15.8 Å². The molecule has 0 amide bonds. The quantitative estimate of drug-likeness (QED) is 0.660. The van der Waals surface area contributed by atoms with E-state index in [9.17, 15) is 4.79 Å². The molecule has 0 radical (unpaired) electrons. The molecule has 104 valence electrons. The molecule has 0 aliphatic rings. The number of halogens is 1. The molecule has 0 bridgehead atoms. The number of benzene rings is 2. The van der Waals surface area contributed by atoms with E-state index in [1.165, 1.54) is 7.11 Å². The van der Waals surface area contributed by atoms with Gasteiger partial charge in [0.15, 0.2) is 0 Å². The summed E-state index contributed by atoms with van der Waals surface area (Å²) in [5.74, 6) is -0.401. The SMILES string of the molecule is COC(=O)c1ccc(Nc2cc(C)cc(Br)c2)c(N)c1. The van der Waals surface area contributed by atoms with Crippen LogP contribution in [-0.2, 0) is 4.74 Å². The van der Waals surface area contributed by atoms with Crippen molar-refractivity contribution in [1.82, 2.24) is 0 Å². The molecule has 0 heterocycles. The van der Waals surface area contributed by atoms with E-state index in [2.05, 4.69) is 26.0 Å². The van der Waals surface area contributed by atoms with E-state index in [1.54, 1.807) is 18.2 Å². The van der Waals surface area contributed by atoms with Crippen molar-refractivity contribution in [2.75, 3.05) is 18.2 Å². The number of hydrogen-bond acceptors (Lipinski definition) is 4. The number of methoxy groups -OCH3 is 1. The monoisotopic (exact) mass is 334 g/mol. The van der Waals surface area contributed by atoms with Gasteiger partial charge in [0.2, 0.25) is 0 Å². The zero-order valence-electron chi connectivity index (χ0n) is 11.2. The molecular weight excluding hydrogens is 320 g/mol. The van der Waals surface area contributed by atoms with Gasteiger partial charge in [-0.25, -0.2) is 4.79 Å². The van der Waals surface area contributed by atoms with Crippen molar-refractivity contribution >= 4 is 39.0 Å². The molecule has 0 aliphatic heterocycles. The van der Waals surface area contributed by atoms with E-state index in [0.717, 1.165) is 21.4 Å². The summed E-state index contributed by atoms with van der Waals surface area (Å²) in [5, 5.41) is 3.23. The number of nitrogens with one attached hydrogen (secondary N) is 1. The van der Waals surface area contributed by atoms with E-state index < -0.39 is 5.97 Å². The Hall–Kier alpha value is -2.01. The van der Waals surface area contributed by atoms with Crippen LogP contribution in [0.2, 0.25) is 0 Å². The van der Waals surface area contributed by atoms with E-state index in [4.69, 9.17) is 5.73 Å². The zero-order valence-corrected chi connectivity index (χ0v) is 12.8. The minimum absolute atomic E-state index is 0.401. The number of esters is 1. The van der Waals surface area contributed by atoms with Crippen LogP contribution in [0.15, 0.2) is 40.9 Å². The predicted molar refractivity (Wildman–Crippen MR) is 84.4 cm³/mol. The summed E-state index contributed by atoms with van der Waals surface area (Å²) in [6.45, 7) is 2.01. The Kier molecular flexibility index (Phi) is 4.29. The Labute approximate surface area is 126 Å². The van der Waals surface area contributed by atoms with Gasteiger partial charge in [-0.3, -0.25) is 0 Å². The lowest BCUT2D eigenvalue weighted by Gasteiger charge is -2.11. The molecular formula is C15H15BrN2O2. The summed E-state index contributed by atoms with van der Waals surface area (Å²) < 4.78 is 5.65. The first-order chi connectivity index (χ1) is 9.49. The normalized spacial score (nSPS) is 10.2. The van der Waals surface area contributed by atoms with Crippen LogP contribution in [-0.4, -0.2) is 13.1 Å². The van der Waals surface area contributed by atoms with Crippen LogP contribution in [0.4, 0.5) is 17.1 Å². The van der Waals surface area contributed by atoms with Crippen LogP contribution in [0.1, 0.15) is 15.9 Å². The molecule has 0 aliphatic carbocycles. The van der Waals surface area contributed by atoms with Crippen molar-refractivity contribution < 1.29 is 9.53 Å². The van der Waals surface area contributed by atoms with Crippen molar-refractivity contribution in [2.24, 2.45) is 0 Å². The molecule has 2 aromatic rings. The summed E-state index contributed by atoms with van der Waals surface area (Å²) in [5.41, 5.74) is 9.68. The molecule has 0 fully saturated rings. The Balaban J connectivity index is 2.27. The second-order valence-electron chi connectivity index (χ2n) is 4.44. The lowest BCUT2D eigenvalue weighted by Crippen LogP contribution is -2.04. The second-order valence-corrected chi connectivity index (χ2v) is 5.35. The van der Waals surface area contributed by atoms with Gasteiger partial charge in [0, 0.05) is 10.2 Å². The third kappa shape index (κ3) is 3.30. The fraction of sp³-hybridized carbons (Fsp3) is 0.133. The summed E-state index contributed by atoms with van der Waals surface area (Å²) in [6.07, 6.45) is 0. The molecule has 2 rings (SSSR count). The molecule has 2 aromatic carbocycles. The molecule has 0 unspecified atom stereocenters. The molecule has 3 N–H and O–H groups in total. The summed E-state index contributed by atoms with van der Waals surface area (Å²) >= 11 is 3.45. The topological polar surface area (TPSA) is 64.3 Å². The highest BCUT2D eigenvalue weighted by Crippen LogP contribution is 2.27. The van der Waals surface area contributed by atoms with Crippen LogP contribution in [0, 0.1) is 6.92 Å². The van der Waals surface area contributed by atoms with E-state index in [1.807, 2.05) is 25.1 Å². The molecule has 0 atom stereocenters. The first-order valence-corrected chi connectivity index (χ1v) is 6.81. The average Bonchev–Trinajstić information content (AvgIpc) is 2.39. The maximum absolute atomic E-state index is 11.4. The lowest BCUT2D eigenvalue weighted by molar-refractivity contribution is 0.0601. The van der Waals surface area contributed by atoms with Gasteiger partial charge in [-0.15, -0.1) is 0 Å². The van der Waals surface area contributed by atoms with Crippen molar-refractivity contribution in [3.63, 3.8) is 0 Å². The Morgan fingerprint density at radius 3 is 2.60 bits per heavy atom. The number of aryl methyl sites for hydroxylation is 1. The number of ether oxygens (including phenoxy) is 1. The van der Waals surface area contributed by atoms with Crippen LogP contribution in [0.3, 0.4) is 0 Å². The molecule has 0 aromatic heterocycles. The maximum atomic E-state index is 11.4. The number of hydrogen-bond donors (Lipinski definition) is 2. The Morgan fingerprint density at radius 2 is 2.00 bits per heavy atom. The largest absolute Gasteiger partial charge is 0.465 e. The summed E-state index contributed by atoms with van der Waals surface area (Å²) in [6, 6.07) is 11.0. The fourth-order valence-corrected chi connectivity index (χ4v) is 2.49. The molecule has 4 nitrogen and oxygen atoms in total.